The molecule has 0 fully saturated rings. The number of nitrogens with two attached hydrogens (primary N) is 3. The summed E-state index contributed by atoms with van der Waals surface area (Å²) in [6, 6.07) is 12.6. The van der Waals surface area contributed by atoms with Crippen LogP contribution in [-0.2, 0) is 0 Å². The van der Waals surface area contributed by atoms with Crippen molar-refractivity contribution in [2.45, 2.75) is 0 Å². The highest BCUT2D eigenvalue weighted by Gasteiger charge is 2.13. The van der Waals surface area contributed by atoms with E-state index in [0.717, 1.165) is 22.0 Å². The number of nitrogens with zero attached hydrogens (tertiary/aromatic N) is 2. The zero-order valence-electron chi connectivity index (χ0n) is 13.1. The maximum absolute atomic E-state index is 11.4. The third-order valence-corrected chi connectivity index (χ3v) is 3.61. The van der Waals surface area contributed by atoms with Crippen LogP contribution in [-0.4, -0.2) is 28.0 Å². The van der Waals surface area contributed by atoms with E-state index < -0.39 is 5.97 Å². The van der Waals surface area contributed by atoms with Crippen molar-refractivity contribution in [2.24, 2.45) is 27.2 Å². The predicted molar refractivity (Wildman–Crippen MR) is 97.8 cm³/mol. The second-order valence-electron chi connectivity index (χ2n) is 5.29. The lowest BCUT2D eigenvalue weighted by Crippen LogP contribution is -2.26. The molecular weight excluding hydrogens is 320 g/mol. The number of carbonyl (C=O) groups is 1. The van der Waals surface area contributed by atoms with E-state index in [9.17, 15) is 9.90 Å². The Morgan fingerprint density at radius 2 is 1.88 bits per heavy atom. The normalized spacial score (nSPS) is 11.4. The molecule has 3 rings (SSSR count). The van der Waals surface area contributed by atoms with Crippen LogP contribution < -0.4 is 17.2 Å². The number of carboxylic acid groups (broad SMARTS) is 1. The smallest absolute Gasteiger partial charge is 0.337 e. The maximum Gasteiger partial charge on any atom is 0.337 e. The highest BCUT2D eigenvalue weighted by molar-refractivity contribution is 6.00. The van der Waals surface area contributed by atoms with E-state index in [1.165, 1.54) is 6.07 Å². The van der Waals surface area contributed by atoms with E-state index in [2.05, 4.69) is 15.0 Å². The van der Waals surface area contributed by atoms with Gasteiger partial charge in [-0.15, -0.1) is 0 Å². The van der Waals surface area contributed by atoms with E-state index in [1.807, 2.05) is 30.5 Å². The zero-order chi connectivity index (χ0) is 18.0. The Bertz CT molecular complexity index is 1010. The van der Waals surface area contributed by atoms with E-state index in [1.54, 1.807) is 12.1 Å². The van der Waals surface area contributed by atoms with Gasteiger partial charge in [0.1, 0.15) is 0 Å². The quantitative estimate of drug-likeness (QED) is 0.364. The summed E-state index contributed by atoms with van der Waals surface area (Å²) < 4.78 is 0. The molecule has 25 heavy (non-hydrogen) atoms. The second kappa shape index (κ2) is 6.36. The number of hydrogen-bond donors (Lipinski definition) is 5. The molecule has 3 aromatic rings. The van der Waals surface area contributed by atoms with E-state index >= 15 is 0 Å². The van der Waals surface area contributed by atoms with Crippen LogP contribution in [0.15, 0.2) is 58.6 Å². The summed E-state index contributed by atoms with van der Waals surface area (Å²) in [6.45, 7) is 0. The van der Waals surface area contributed by atoms with Crippen LogP contribution in [0.2, 0.25) is 0 Å². The van der Waals surface area contributed by atoms with Crippen LogP contribution in [0.4, 0.5) is 5.69 Å². The predicted octanol–water partition coefficient (Wildman–Crippen LogP) is 1.75. The maximum atomic E-state index is 11.4. The Hall–Kier alpha value is -3.81. The summed E-state index contributed by atoms with van der Waals surface area (Å²) in [5.41, 5.74) is 19.0. The summed E-state index contributed by atoms with van der Waals surface area (Å²) in [5, 5.41) is 10.4. The van der Waals surface area contributed by atoms with Gasteiger partial charge in [-0.1, -0.05) is 18.2 Å². The van der Waals surface area contributed by atoms with Gasteiger partial charge in [0.25, 0.3) is 0 Å². The first-order valence-corrected chi connectivity index (χ1v) is 7.33. The SMILES string of the molecule is NC(N)=NC(N)=Nc1cc(-c2cccc3[nH]ccc23)ccc1C(=O)O. The molecule has 0 aliphatic rings. The van der Waals surface area contributed by atoms with Gasteiger partial charge in [0, 0.05) is 17.1 Å². The highest BCUT2D eigenvalue weighted by atomic mass is 16.4. The molecule has 0 radical (unpaired) electrons. The lowest BCUT2D eigenvalue weighted by Gasteiger charge is -2.08. The Morgan fingerprint density at radius 3 is 2.60 bits per heavy atom. The van der Waals surface area contributed by atoms with Crippen molar-refractivity contribution >= 4 is 34.5 Å². The molecular formula is C17H16N6O2. The van der Waals surface area contributed by atoms with Gasteiger partial charge in [0.05, 0.1) is 11.3 Å². The number of guanidine groups is 2. The molecule has 0 saturated heterocycles. The number of benzene rings is 2. The summed E-state index contributed by atoms with van der Waals surface area (Å²) in [6.07, 6.45) is 1.84. The zero-order valence-corrected chi connectivity index (χ0v) is 13.1. The number of rotatable bonds is 3. The first kappa shape index (κ1) is 16.1. The van der Waals surface area contributed by atoms with Crippen LogP contribution in [0.3, 0.4) is 0 Å². The molecule has 0 amide bonds. The molecule has 0 spiro atoms. The summed E-state index contributed by atoms with van der Waals surface area (Å²) in [5.74, 6) is -1.60. The van der Waals surface area contributed by atoms with Gasteiger partial charge in [-0.2, -0.15) is 4.99 Å². The average molecular weight is 336 g/mol. The molecule has 2 aromatic carbocycles. The first-order valence-electron chi connectivity index (χ1n) is 7.33. The Morgan fingerprint density at radius 1 is 1.08 bits per heavy atom. The van der Waals surface area contributed by atoms with Gasteiger partial charge < -0.3 is 27.3 Å². The molecule has 8 N–H and O–H groups in total. The Balaban J connectivity index is 2.18. The number of aliphatic imine (C=N–C) groups is 2. The monoisotopic (exact) mass is 336 g/mol. The molecule has 126 valence electrons. The highest BCUT2D eigenvalue weighted by Crippen LogP contribution is 2.32. The number of fused-ring (bicyclic) bond motifs is 1. The van der Waals surface area contributed by atoms with Crippen LogP contribution in [0, 0.1) is 0 Å². The van der Waals surface area contributed by atoms with Gasteiger partial charge in [0.15, 0.2) is 5.96 Å². The molecule has 0 bridgehead atoms. The molecule has 0 atom stereocenters. The van der Waals surface area contributed by atoms with Crippen LogP contribution in [0.1, 0.15) is 10.4 Å². The van der Waals surface area contributed by atoms with Crippen LogP contribution >= 0.6 is 0 Å². The van der Waals surface area contributed by atoms with Gasteiger partial charge in [-0.05, 0) is 35.4 Å². The second-order valence-corrected chi connectivity index (χ2v) is 5.29. The minimum absolute atomic E-state index is 0.00117. The van der Waals surface area contributed by atoms with Crippen LogP contribution in [0.5, 0.6) is 0 Å². The molecule has 8 heteroatoms. The van der Waals surface area contributed by atoms with Gasteiger partial charge in [-0.3, -0.25) is 0 Å². The minimum Gasteiger partial charge on any atom is -0.478 e. The lowest BCUT2D eigenvalue weighted by atomic mass is 9.99. The van der Waals surface area contributed by atoms with Crippen LogP contribution in [0.25, 0.3) is 22.0 Å². The van der Waals surface area contributed by atoms with Gasteiger partial charge in [-0.25, -0.2) is 9.79 Å². The largest absolute Gasteiger partial charge is 0.478 e. The summed E-state index contributed by atoms with van der Waals surface area (Å²) in [4.78, 5) is 22.2. The van der Waals surface area contributed by atoms with E-state index in [0.29, 0.717) is 0 Å². The fraction of sp³-hybridized carbons (Fsp3) is 0. The van der Waals surface area contributed by atoms with E-state index in [4.69, 9.17) is 17.2 Å². The topological polar surface area (TPSA) is 156 Å². The number of hydrogen-bond acceptors (Lipinski definition) is 2. The lowest BCUT2D eigenvalue weighted by molar-refractivity contribution is 0.0698. The van der Waals surface area contributed by atoms with Crippen molar-refractivity contribution in [1.29, 1.82) is 0 Å². The average Bonchev–Trinajstić information content (AvgIpc) is 3.02. The summed E-state index contributed by atoms with van der Waals surface area (Å²) in [7, 11) is 0. The van der Waals surface area contributed by atoms with E-state index in [-0.39, 0.29) is 23.2 Å². The Labute approximate surface area is 142 Å². The van der Waals surface area contributed by atoms with Crippen molar-refractivity contribution < 1.29 is 9.90 Å². The third kappa shape index (κ3) is 3.27. The Kier molecular flexibility index (Phi) is 4.09. The molecule has 8 nitrogen and oxygen atoms in total. The number of aromatic amines is 1. The molecule has 1 aromatic heterocycles. The van der Waals surface area contributed by atoms with Crippen molar-refractivity contribution in [1.82, 2.24) is 4.98 Å². The molecule has 0 unspecified atom stereocenters. The van der Waals surface area contributed by atoms with Gasteiger partial charge in [0.2, 0.25) is 5.96 Å². The minimum atomic E-state index is -1.12. The number of carboxylic acids is 1. The number of nitrogens with one attached hydrogen (secondary N) is 1. The summed E-state index contributed by atoms with van der Waals surface area (Å²) >= 11 is 0. The number of aromatic carboxylic acids is 1. The van der Waals surface area contributed by atoms with Crippen molar-refractivity contribution in [3.63, 3.8) is 0 Å². The number of aromatic nitrogens is 1. The third-order valence-electron chi connectivity index (χ3n) is 3.61. The van der Waals surface area contributed by atoms with Crippen molar-refractivity contribution in [3.05, 3.63) is 54.2 Å². The van der Waals surface area contributed by atoms with Gasteiger partial charge >= 0.3 is 5.97 Å². The molecule has 0 aliphatic heterocycles. The number of H-pyrrole nitrogens is 1. The fourth-order valence-electron chi connectivity index (χ4n) is 2.59. The fourth-order valence-corrected chi connectivity index (χ4v) is 2.59. The molecule has 0 aliphatic carbocycles. The molecule has 0 saturated carbocycles. The first-order chi connectivity index (χ1) is 12.0. The van der Waals surface area contributed by atoms with Crippen molar-refractivity contribution in [3.8, 4) is 11.1 Å². The molecule has 1 heterocycles. The van der Waals surface area contributed by atoms with Crippen molar-refractivity contribution in [2.75, 3.05) is 0 Å². The standard InChI is InChI=1S/C17H16N6O2/c18-16(19)23-17(20)22-14-8-9(4-5-12(14)15(24)25)10-2-1-3-13-11(10)6-7-21-13/h1-8,21H,(H,24,25)(H6,18,19,20,22,23).